The first-order chi connectivity index (χ1) is 11.5. The number of hydrogen-bond acceptors (Lipinski definition) is 3. The number of hydrogen-bond donors (Lipinski definition) is 1. The molecule has 0 spiro atoms. The molecule has 0 saturated carbocycles. The van der Waals surface area contributed by atoms with Crippen molar-refractivity contribution in [1.29, 1.82) is 0 Å². The number of anilines is 1. The Labute approximate surface area is 147 Å². The van der Waals surface area contributed by atoms with E-state index < -0.39 is 51.8 Å². The summed E-state index contributed by atoms with van der Waals surface area (Å²) in [5, 5.41) is 2.89. The number of fused-ring (bicyclic) bond motifs is 1. The van der Waals surface area contributed by atoms with E-state index in [1.807, 2.05) is 0 Å². The lowest BCUT2D eigenvalue weighted by atomic mass is 9.86. The van der Waals surface area contributed by atoms with Crippen molar-refractivity contribution in [2.75, 3.05) is 11.9 Å². The van der Waals surface area contributed by atoms with Crippen LogP contribution < -0.4 is 5.32 Å². The van der Waals surface area contributed by atoms with Crippen LogP contribution in [0.4, 0.5) is 32.0 Å². The maximum Gasteiger partial charge on any atom is 0.511 e. The highest BCUT2D eigenvalue weighted by molar-refractivity contribution is 7.89. The molecular weight excluding hydrogens is 386 g/mol. The number of nitrogens with one attached hydrogen (secondary N) is 1. The van der Waals surface area contributed by atoms with Crippen molar-refractivity contribution >= 4 is 15.7 Å². The second kappa shape index (κ2) is 6.29. The molecule has 148 valence electrons. The number of benzene rings is 1. The predicted octanol–water partition coefficient (Wildman–Crippen LogP) is 4.20. The van der Waals surface area contributed by atoms with Gasteiger partial charge in [0.25, 0.3) is 0 Å². The summed E-state index contributed by atoms with van der Waals surface area (Å²) in [6.07, 6.45) is -4.70. The summed E-state index contributed by atoms with van der Waals surface area (Å²) >= 11 is 0. The Hall–Kier alpha value is -1.49. The summed E-state index contributed by atoms with van der Waals surface area (Å²) < 4.78 is 102. The normalized spacial score (nSPS) is 20.3. The Morgan fingerprint density at radius 3 is 2.12 bits per heavy atom. The van der Waals surface area contributed by atoms with Gasteiger partial charge in [-0.3, -0.25) is 0 Å². The molecule has 1 N–H and O–H groups in total. The zero-order valence-electron chi connectivity index (χ0n) is 14.2. The van der Waals surface area contributed by atoms with Crippen LogP contribution >= 0.6 is 0 Å². The van der Waals surface area contributed by atoms with E-state index in [0.29, 0.717) is 6.07 Å². The molecule has 1 aromatic rings. The predicted molar refractivity (Wildman–Crippen MR) is 83.7 cm³/mol. The zero-order valence-corrected chi connectivity index (χ0v) is 15.0. The second-order valence-electron chi connectivity index (χ2n) is 7.18. The number of halogens is 6. The quantitative estimate of drug-likeness (QED) is 0.714. The van der Waals surface area contributed by atoms with E-state index in [1.54, 1.807) is 20.8 Å². The van der Waals surface area contributed by atoms with Crippen molar-refractivity contribution in [1.82, 2.24) is 4.31 Å². The van der Waals surface area contributed by atoms with Crippen LogP contribution in [0, 0.1) is 5.41 Å². The first kappa shape index (κ1) is 20.8. The van der Waals surface area contributed by atoms with Crippen LogP contribution in [0.15, 0.2) is 18.2 Å². The summed E-state index contributed by atoms with van der Waals surface area (Å²) in [7, 11) is -5.69. The summed E-state index contributed by atoms with van der Waals surface area (Å²) in [6, 6.07) is 1.85. The van der Waals surface area contributed by atoms with E-state index >= 15 is 0 Å². The van der Waals surface area contributed by atoms with E-state index in [4.69, 9.17) is 0 Å². The third kappa shape index (κ3) is 4.08. The van der Waals surface area contributed by atoms with Gasteiger partial charge in [0.2, 0.25) is 0 Å². The highest BCUT2D eigenvalue weighted by atomic mass is 32.2. The average Bonchev–Trinajstić information content (AvgIpc) is 2.63. The van der Waals surface area contributed by atoms with Crippen molar-refractivity contribution in [3.63, 3.8) is 0 Å². The van der Waals surface area contributed by atoms with Gasteiger partial charge < -0.3 is 5.32 Å². The lowest BCUT2D eigenvalue weighted by Gasteiger charge is -2.33. The molecule has 0 amide bonds. The molecule has 1 aliphatic heterocycles. The first-order valence-corrected chi connectivity index (χ1v) is 9.00. The molecule has 1 aliphatic rings. The third-order valence-electron chi connectivity index (χ3n) is 4.17. The highest BCUT2D eigenvalue weighted by Crippen LogP contribution is 2.37. The maximum absolute atomic E-state index is 13.0. The molecule has 0 bridgehead atoms. The minimum absolute atomic E-state index is 0.167. The van der Waals surface area contributed by atoms with Crippen molar-refractivity contribution in [2.45, 2.75) is 45.0 Å². The topological polar surface area (TPSA) is 49.4 Å². The Balaban J connectivity index is 2.58. The van der Waals surface area contributed by atoms with Crippen molar-refractivity contribution in [3.8, 4) is 0 Å². The van der Waals surface area contributed by atoms with Crippen molar-refractivity contribution < 1.29 is 34.8 Å². The molecular formula is C15H18F6N2O2S. The Bertz CT molecular complexity index is 781. The van der Waals surface area contributed by atoms with Gasteiger partial charge in [-0.2, -0.15) is 30.6 Å². The third-order valence-corrected chi connectivity index (χ3v) is 5.72. The number of alkyl halides is 6. The molecule has 0 aliphatic carbocycles. The number of sulfonamides is 1. The van der Waals surface area contributed by atoms with Crippen LogP contribution in [0.3, 0.4) is 0 Å². The standard InChI is InChI=1S/C15H18F6N2O2S/c1-13(2,3)12-8-23(26(24,25)15(19,20)21)7-9-6-10(14(16,17)18)4-5-11(9)22-12/h4-6,12,22H,7-8H2,1-3H3. The van der Waals surface area contributed by atoms with Crippen LogP contribution in [0.1, 0.15) is 31.9 Å². The van der Waals surface area contributed by atoms with Gasteiger partial charge in [0.15, 0.2) is 0 Å². The Morgan fingerprint density at radius 1 is 1.08 bits per heavy atom. The maximum atomic E-state index is 13.0. The molecule has 1 heterocycles. The minimum atomic E-state index is -5.69. The molecule has 0 aromatic heterocycles. The Morgan fingerprint density at radius 2 is 1.65 bits per heavy atom. The van der Waals surface area contributed by atoms with Crippen LogP contribution in [0.25, 0.3) is 0 Å². The van der Waals surface area contributed by atoms with Crippen molar-refractivity contribution in [3.05, 3.63) is 29.3 Å². The van der Waals surface area contributed by atoms with Crippen LogP contribution in [0.2, 0.25) is 0 Å². The lowest BCUT2D eigenvalue weighted by Crippen LogP contribution is -2.47. The van der Waals surface area contributed by atoms with Crippen LogP contribution in [-0.2, 0) is 22.7 Å². The summed E-state index contributed by atoms with van der Waals surface area (Å²) in [6.45, 7) is 3.75. The SMILES string of the molecule is CC(C)(C)C1CN(S(=O)(=O)C(F)(F)F)Cc2cc(C(F)(F)F)ccc2N1. The highest BCUT2D eigenvalue weighted by Gasteiger charge is 2.51. The summed E-state index contributed by atoms with van der Waals surface area (Å²) in [4.78, 5) is 0. The first-order valence-electron chi connectivity index (χ1n) is 7.56. The molecule has 4 nitrogen and oxygen atoms in total. The molecule has 1 aromatic carbocycles. The molecule has 2 rings (SSSR count). The van der Waals surface area contributed by atoms with E-state index in [1.165, 1.54) is 0 Å². The van der Waals surface area contributed by atoms with E-state index in [-0.39, 0.29) is 15.6 Å². The second-order valence-corrected chi connectivity index (χ2v) is 9.11. The van der Waals surface area contributed by atoms with E-state index in [2.05, 4.69) is 5.32 Å². The van der Waals surface area contributed by atoms with Gasteiger partial charge in [-0.1, -0.05) is 20.8 Å². The molecule has 11 heteroatoms. The molecule has 1 unspecified atom stereocenters. The number of nitrogens with zero attached hydrogens (tertiary/aromatic N) is 1. The van der Waals surface area contributed by atoms with Gasteiger partial charge in [-0.25, -0.2) is 8.42 Å². The number of rotatable bonds is 1. The van der Waals surface area contributed by atoms with E-state index in [9.17, 15) is 34.8 Å². The average molecular weight is 404 g/mol. The smallest absolute Gasteiger partial charge is 0.380 e. The van der Waals surface area contributed by atoms with Gasteiger partial charge in [0.1, 0.15) is 0 Å². The summed E-state index contributed by atoms with van der Waals surface area (Å²) in [5.74, 6) is 0. The summed E-state index contributed by atoms with van der Waals surface area (Å²) in [5.41, 5.74) is -7.24. The fourth-order valence-electron chi connectivity index (χ4n) is 2.55. The molecule has 0 fully saturated rings. The molecule has 1 atom stereocenters. The van der Waals surface area contributed by atoms with Crippen LogP contribution in [-0.4, -0.2) is 30.8 Å². The van der Waals surface area contributed by atoms with Gasteiger partial charge in [0.05, 0.1) is 5.56 Å². The largest absolute Gasteiger partial charge is 0.511 e. The monoisotopic (exact) mass is 404 g/mol. The fourth-order valence-corrected chi connectivity index (χ4v) is 3.50. The molecule has 0 saturated heterocycles. The molecule has 26 heavy (non-hydrogen) atoms. The molecule has 0 radical (unpaired) electrons. The van der Waals surface area contributed by atoms with Gasteiger partial charge in [0, 0.05) is 24.8 Å². The van der Waals surface area contributed by atoms with E-state index in [0.717, 1.165) is 12.1 Å². The van der Waals surface area contributed by atoms with Crippen molar-refractivity contribution in [2.24, 2.45) is 5.41 Å². The Kier molecular flexibility index (Phi) is 5.04. The van der Waals surface area contributed by atoms with Gasteiger partial charge in [-0.15, -0.1) is 0 Å². The van der Waals surface area contributed by atoms with Crippen LogP contribution in [0.5, 0.6) is 0 Å². The lowest BCUT2D eigenvalue weighted by molar-refractivity contribution is -0.137. The van der Waals surface area contributed by atoms with Gasteiger partial charge >= 0.3 is 21.7 Å². The fraction of sp³-hybridized carbons (Fsp3) is 0.600. The van der Waals surface area contributed by atoms with Gasteiger partial charge in [-0.05, 0) is 29.2 Å². The zero-order chi connectivity index (χ0) is 20.1. The minimum Gasteiger partial charge on any atom is -0.380 e.